The molecule has 0 aliphatic carbocycles. The SMILES string of the molecule is CCNc1nnc(SCC(=O)N2CCN(C3CCS(=O)(=O)C3)CC2)s1. The molecule has 0 radical (unpaired) electrons. The topological polar surface area (TPSA) is 95.5 Å². The van der Waals surface area contributed by atoms with E-state index in [4.69, 9.17) is 0 Å². The van der Waals surface area contributed by atoms with Gasteiger partial charge in [0.05, 0.1) is 17.3 Å². The smallest absolute Gasteiger partial charge is 0.233 e. The quantitative estimate of drug-likeness (QED) is 0.679. The Morgan fingerprint density at radius 2 is 2.08 bits per heavy atom. The predicted octanol–water partition coefficient (Wildman–Crippen LogP) is 0.393. The molecule has 8 nitrogen and oxygen atoms in total. The summed E-state index contributed by atoms with van der Waals surface area (Å²) in [4.78, 5) is 16.4. The van der Waals surface area contributed by atoms with Gasteiger partial charge >= 0.3 is 0 Å². The van der Waals surface area contributed by atoms with Crippen LogP contribution in [0.15, 0.2) is 4.34 Å². The van der Waals surface area contributed by atoms with Crippen LogP contribution >= 0.6 is 23.1 Å². The van der Waals surface area contributed by atoms with Crippen LogP contribution in [0.5, 0.6) is 0 Å². The summed E-state index contributed by atoms with van der Waals surface area (Å²) in [5.41, 5.74) is 0. The molecule has 1 unspecified atom stereocenters. The van der Waals surface area contributed by atoms with Crippen LogP contribution in [0.2, 0.25) is 0 Å². The molecule has 0 saturated carbocycles. The molecule has 1 N–H and O–H groups in total. The first-order chi connectivity index (χ1) is 12.0. The Hall–Kier alpha value is -0.910. The van der Waals surface area contributed by atoms with Crippen molar-refractivity contribution >= 4 is 44.0 Å². The van der Waals surface area contributed by atoms with Crippen LogP contribution in [-0.2, 0) is 14.6 Å². The minimum Gasteiger partial charge on any atom is -0.360 e. The number of anilines is 1. The van der Waals surface area contributed by atoms with E-state index in [1.807, 2.05) is 11.8 Å². The van der Waals surface area contributed by atoms with Gasteiger partial charge < -0.3 is 10.2 Å². The first-order valence-electron chi connectivity index (χ1n) is 8.39. The Kier molecular flexibility index (Phi) is 6.18. The summed E-state index contributed by atoms with van der Waals surface area (Å²) in [5, 5.41) is 12.0. The number of nitrogens with one attached hydrogen (secondary N) is 1. The number of carbonyl (C=O) groups excluding carboxylic acids is 1. The average Bonchev–Trinajstić information content (AvgIpc) is 3.19. The van der Waals surface area contributed by atoms with Crippen LogP contribution in [0.1, 0.15) is 13.3 Å². The van der Waals surface area contributed by atoms with Gasteiger partial charge in [0, 0.05) is 38.8 Å². The number of amides is 1. The summed E-state index contributed by atoms with van der Waals surface area (Å²) < 4.78 is 24.0. The van der Waals surface area contributed by atoms with Gasteiger partial charge in [-0.2, -0.15) is 0 Å². The van der Waals surface area contributed by atoms with Crippen LogP contribution in [0.3, 0.4) is 0 Å². The number of rotatable bonds is 6. The van der Waals surface area contributed by atoms with Crippen molar-refractivity contribution in [3.63, 3.8) is 0 Å². The minimum atomic E-state index is -2.86. The number of thioether (sulfide) groups is 1. The van der Waals surface area contributed by atoms with Crippen molar-refractivity contribution in [2.75, 3.05) is 55.3 Å². The third-order valence-corrected chi connectivity index (χ3v) is 8.19. The number of sulfone groups is 1. The zero-order chi connectivity index (χ0) is 17.9. The van der Waals surface area contributed by atoms with Crippen LogP contribution in [0, 0.1) is 0 Å². The number of carbonyl (C=O) groups is 1. The van der Waals surface area contributed by atoms with Gasteiger partial charge in [-0.25, -0.2) is 8.42 Å². The molecule has 25 heavy (non-hydrogen) atoms. The molecule has 0 bridgehead atoms. The Labute approximate surface area is 156 Å². The molecular weight excluding hydrogens is 382 g/mol. The first-order valence-corrected chi connectivity index (χ1v) is 12.0. The van der Waals surface area contributed by atoms with Gasteiger partial charge in [-0.05, 0) is 13.3 Å². The van der Waals surface area contributed by atoms with Crippen molar-refractivity contribution in [1.82, 2.24) is 20.0 Å². The van der Waals surface area contributed by atoms with Gasteiger partial charge in [0.1, 0.15) is 0 Å². The fourth-order valence-electron chi connectivity index (χ4n) is 3.11. The fourth-order valence-corrected chi connectivity index (χ4v) is 6.59. The standard InChI is InChI=1S/C14H23N5O3S3/c1-2-15-13-16-17-14(24-13)23-9-12(20)19-6-4-18(5-7-19)11-3-8-25(21,22)10-11/h11H,2-10H2,1H3,(H,15,16). The van der Waals surface area contributed by atoms with Crippen LogP contribution < -0.4 is 5.32 Å². The lowest BCUT2D eigenvalue weighted by Crippen LogP contribution is -2.52. The van der Waals surface area contributed by atoms with E-state index >= 15 is 0 Å². The Balaban J connectivity index is 1.42. The van der Waals surface area contributed by atoms with Crippen molar-refractivity contribution < 1.29 is 13.2 Å². The monoisotopic (exact) mass is 405 g/mol. The van der Waals surface area contributed by atoms with E-state index in [-0.39, 0.29) is 17.7 Å². The van der Waals surface area contributed by atoms with Gasteiger partial charge in [-0.15, -0.1) is 10.2 Å². The maximum absolute atomic E-state index is 12.4. The molecule has 140 valence electrons. The number of hydrogen-bond acceptors (Lipinski definition) is 9. The molecule has 2 saturated heterocycles. The van der Waals surface area contributed by atoms with E-state index in [1.54, 1.807) is 0 Å². The lowest BCUT2D eigenvalue weighted by Gasteiger charge is -2.37. The van der Waals surface area contributed by atoms with Crippen LogP contribution in [0.25, 0.3) is 0 Å². The van der Waals surface area contributed by atoms with Crippen molar-refractivity contribution in [3.8, 4) is 0 Å². The molecule has 1 aromatic heterocycles. The highest BCUT2D eigenvalue weighted by Crippen LogP contribution is 2.26. The number of aromatic nitrogens is 2. The second-order valence-corrected chi connectivity index (χ2v) is 10.6. The molecule has 2 aliphatic heterocycles. The van der Waals surface area contributed by atoms with Crippen molar-refractivity contribution in [3.05, 3.63) is 0 Å². The molecule has 1 atom stereocenters. The summed E-state index contributed by atoms with van der Waals surface area (Å²) in [6.07, 6.45) is 0.720. The third-order valence-electron chi connectivity index (χ3n) is 4.45. The van der Waals surface area contributed by atoms with Gasteiger partial charge in [0.2, 0.25) is 11.0 Å². The maximum atomic E-state index is 12.4. The molecule has 0 aromatic carbocycles. The van der Waals surface area contributed by atoms with Crippen molar-refractivity contribution in [1.29, 1.82) is 0 Å². The molecule has 11 heteroatoms. The fraction of sp³-hybridized carbons (Fsp3) is 0.786. The Morgan fingerprint density at radius 1 is 1.32 bits per heavy atom. The summed E-state index contributed by atoms with van der Waals surface area (Å²) in [7, 11) is -2.86. The minimum absolute atomic E-state index is 0.101. The highest BCUT2D eigenvalue weighted by atomic mass is 32.2. The van der Waals surface area contributed by atoms with Gasteiger partial charge in [-0.1, -0.05) is 23.1 Å². The molecular formula is C14H23N5O3S3. The number of piperazine rings is 1. The molecule has 2 aliphatic rings. The molecule has 0 spiro atoms. The second-order valence-electron chi connectivity index (χ2n) is 6.17. The second kappa shape index (κ2) is 8.19. The highest BCUT2D eigenvalue weighted by molar-refractivity contribution is 8.01. The highest BCUT2D eigenvalue weighted by Gasteiger charge is 2.34. The molecule has 1 amide bonds. The number of nitrogens with zero attached hydrogens (tertiary/aromatic N) is 4. The lowest BCUT2D eigenvalue weighted by molar-refractivity contribution is -0.130. The van der Waals surface area contributed by atoms with Gasteiger partial charge in [0.15, 0.2) is 14.2 Å². The molecule has 1 aromatic rings. The summed E-state index contributed by atoms with van der Waals surface area (Å²) >= 11 is 2.87. The summed E-state index contributed by atoms with van der Waals surface area (Å²) in [5.74, 6) is 1.02. The average molecular weight is 406 g/mol. The van der Waals surface area contributed by atoms with Crippen molar-refractivity contribution in [2.24, 2.45) is 0 Å². The summed E-state index contributed by atoms with van der Waals surface area (Å²) in [6.45, 7) is 5.62. The third kappa shape index (κ3) is 5.05. The first kappa shape index (κ1) is 18.9. The maximum Gasteiger partial charge on any atom is 0.233 e. The molecule has 3 rings (SSSR count). The zero-order valence-electron chi connectivity index (χ0n) is 14.2. The predicted molar refractivity (Wildman–Crippen MR) is 100 cm³/mol. The summed E-state index contributed by atoms with van der Waals surface area (Å²) in [6, 6.07) is 0.127. The Morgan fingerprint density at radius 3 is 2.72 bits per heavy atom. The van der Waals surface area contributed by atoms with E-state index in [0.29, 0.717) is 24.6 Å². The zero-order valence-corrected chi connectivity index (χ0v) is 16.6. The normalized spacial score (nSPS) is 23.7. The van der Waals surface area contributed by atoms with E-state index in [0.717, 1.165) is 35.5 Å². The van der Waals surface area contributed by atoms with E-state index in [1.165, 1.54) is 23.1 Å². The largest absolute Gasteiger partial charge is 0.360 e. The van der Waals surface area contributed by atoms with Gasteiger partial charge in [0.25, 0.3) is 0 Å². The molecule has 2 fully saturated rings. The van der Waals surface area contributed by atoms with Gasteiger partial charge in [-0.3, -0.25) is 9.69 Å². The van der Waals surface area contributed by atoms with Crippen LogP contribution in [0.4, 0.5) is 5.13 Å². The van der Waals surface area contributed by atoms with E-state index < -0.39 is 9.84 Å². The lowest BCUT2D eigenvalue weighted by atomic mass is 10.2. The van der Waals surface area contributed by atoms with Crippen LogP contribution in [-0.4, -0.2) is 90.3 Å². The van der Waals surface area contributed by atoms with E-state index in [9.17, 15) is 13.2 Å². The Bertz CT molecular complexity index is 700. The number of hydrogen-bond donors (Lipinski definition) is 1. The molecule has 3 heterocycles. The van der Waals surface area contributed by atoms with Crippen molar-refractivity contribution in [2.45, 2.75) is 23.7 Å². The van der Waals surface area contributed by atoms with E-state index in [2.05, 4.69) is 20.4 Å².